The molecule has 0 radical (unpaired) electrons. The first kappa shape index (κ1) is 24.0. The van der Waals surface area contributed by atoms with Gasteiger partial charge in [0.2, 0.25) is 5.78 Å². The zero-order chi connectivity index (χ0) is 26.4. The molecule has 0 saturated carbocycles. The van der Waals surface area contributed by atoms with Gasteiger partial charge in [-0.2, -0.15) is 0 Å². The van der Waals surface area contributed by atoms with Gasteiger partial charge in [0.15, 0.2) is 24.1 Å². The van der Waals surface area contributed by atoms with Crippen LogP contribution in [0, 0.1) is 0 Å². The third kappa shape index (κ3) is 3.42. The Morgan fingerprint density at radius 3 is 2.51 bits per heavy atom. The smallest absolute Gasteiger partial charge is 0.202 e. The number of fused-ring (bicyclic) bond motifs is 4. The van der Waals surface area contributed by atoms with E-state index in [9.17, 15) is 29.7 Å². The van der Waals surface area contributed by atoms with Gasteiger partial charge in [-0.3, -0.25) is 14.4 Å². The molecule has 6 rings (SSSR count). The lowest BCUT2D eigenvalue weighted by Crippen LogP contribution is -2.46. The predicted molar refractivity (Wildman–Crippen MR) is 124 cm³/mol. The molecule has 4 unspecified atom stereocenters. The third-order valence-corrected chi connectivity index (χ3v) is 7.70. The highest BCUT2D eigenvalue weighted by atomic mass is 16.8. The van der Waals surface area contributed by atoms with Gasteiger partial charge in [0, 0.05) is 42.0 Å². The molecule has 0 spiro atoms. The number of Topliss-reactive ketones (excluding diaryl/α,β-unsaturated/α-hetero) is 1. The van der Waals surface area contributed by atoms with Crippen molar-refractivity contribution < 1.29 is 48.7 Å². The number of carbonyl (C=O) groups is 3. The van der Waals surface area contributed by atoms with Crippen LogP contribution in [0.3, 0.4) is 0 Å². The summed E-state index contributed by atoms with van der Waals surface area (Å²) >= 11 is 0. The zero-order valence-corrected chi connectivity index (χ0v) is 20.0. The molecular weight excluding hydrogens is 486 g/mol. The van der Waals surface area contributed by atoms with Crippen LogP contribution in [0.2, 0.25) is 0 Å². The Morgan fingerprint density at radius 1 is 1.11 bits per heavy atom. The predicted octanol–water partition coefficient (Wildman–Crippen LogP) is 1.00. The Morgan fingerprint density at radius 2 is 1.84 bits per heavy atom. The molecule has 2 fully saturated rings. The van der Waals surface area contributed by atoms with E-state index in [1.165, 1.54) is 32.2 Å². The second-order valence-electron chi connectivity index (χ2n) is 9.91. The number of nitrogens with two attached hydrogens (primary N) is 1. The van der Waals surface area contributed by atoms with Crippen LogP contribution in [-0.2, 0) is 25.4 Å². The van der Waals surface area contributed by atoms with Crippen molar-refractivity contribution in [3.63, 3.8) is 0 Å². The number of epoxide rings is 1. The molecule has 4 aliphatic rings. The largest absolute Gasteiger partial charge is 0.507 e. The summed E-state index contributed by atoms with van der Waals surface area (Å²) in [6.07, 6.45) is -3.30. The molecule has 2 aromatic carbocycles. The minimum atomic E-state index is -1.96. The van der Waals surface area contributed by atoms with Crippen molar-refractivity contribution >= 4 is 17.3 Å². The van der Waals surface area contributed by atoms with Crippen molar-refractivity contribution in [2.24, 2.45) is 5.73 Å². The number of ether oxygens (including phenoxy) is 4. The Kier molecular flexibility index (Phi) is 5.24. The van der Waals surface area contributed by atoms with Crippen molar-refractivity contribution in [1.82, 2.24) is 0 Å². The van der Waals surface area contributed by atoms with Crippen molar-refractivity contribution in [2.45, 2.75) is 62.6 Å². The Labute approximate surface area is 210 Å². The van der Waals surface area contributed by atoms with E-state index in [1.54, 1.807) is 0 Å². The van der Waals surface area contributed by atoms with Crippen LogP contribution >= 0.6 is 0 Å². The fourth-order valence-electron chi connectivity index (χ4n) is 5.66. The maximum atomic E-state index is 13.6. The monoisotopic (exact) mass is 511 g/mol. The quantitative estimate of drug-likeness (QED) is 0.290. The first-order chi connectivity index (χ1) is 17.6. The standard InChI is InChI=1S/C26H25NO10/c1-9(28)26(33)7-11-17(14(8-26)35-15-6-12(27)24-25(36-15)37-24)23(32)19-18(21(11)30)20(29)10-4-3-5-13(34-2)16(10)22(19)31/h3-5,12,14-15,24-25,30,32-33H,6-8,27H2,1-2H3/t12?,14-,15?,24?,25?,26+/m0/s1. The number of aliphatic hydroxyl groups is 1. The highest BCUT2D eigenvalue weighted by molar-refractivity contribution is 6.31. The number of hydrogen-bond acceptors (Lipinski definition) is 11. The van der Waals surface area contributed by atoms with Gasteiger partial charge in [-0.1, -0.05) is 12.1 Å². The normalized spacial score (nSPS) is 31.6. The molecule has 2 aliphatic heterocycles. The van der Waals surface area contributed by atoms with Crippen molar-refractivity contribution in [3.8, 4) is 17.2 Å². The van der Waals surface area contributed by atoms with E-state index in [1.807, 2.05) is 0 Å². The first-order valence-electron chi connectivity index (χ1n) is 11.9. The van der Waals surface area contributed by atoms with Crippen LogP contribution in [0.25, 0.3) is 0 Å². The van der Waals surface area contributed by atoms with Crippen LogP contribution in [0.1, 0.15) is 68.8 Å². The Bertz CT molecular complexity index is 1390. The van der Waals surface area contributed by atoms with Gasteiger partial charge in [0.05, 0.1) is 29.9 Å². The third-order valence-electron chi connectivity index (χ3n) is 7.70. The highest BCUT2D eigenvalue weighted by Gasteiger charge is 2.53. The molecule has 37 heavy (non-hydrogen) atoms. The molecule has 194 valence electrons. The second kappa shape index (κ2) is 8.07. The van der Waals surface area contributed by atoms with Gasteiger partial charge in [-0.25, -0.2) is 0 Å². The molecule has 0 amide bonds. The lowest BCUT2D eigenvalue weighted by Gasteiger charge is -2.40. The molecule has 6 atom stereocenters. The molecule has 0 bridgehead atoms. The van der Waals surface area contributed by atoms with Gasteiger partial charge >= 0.3 is 0 Å². The Balaban J connectivity index is 1.52. The zero-order valence-electron chi connectivity index (χ0n) is 20.0. The fraction of sp³-hybridized carbons (Fsp3) is 0.423. The summed E-state index contributed by atoms with van der Waals surface area (Å²) in [5.41, 5.74) is 3.23. The second-order valence-corrected chi connectivity index (χ2v) is 9.91. The lowest BCUT2D eigenvalue weighted by atomic mass is 9.72. The van der Waals surface area contributed by atoms with E-state index in [0.29, 0.717) is 0 Å². The maximum Gasteiger partial charge on any atom is 0.202 e. The average molecular weight is 511 g/mol. The molecule has 5 N–H and O–H groups in total. The number of hydrogen-bond donors (Lipinski definition) is 4. The summed E-state index contributed by atoms with van der Waals surface area (Å²) < 4.78 is 22.4. The lowest BCUT2D eigenvalue weighted by molar-refractivity contribution is -0.215. The Hall–Kier alpha value is -3.35. The molecule has 2 aromatic rings. The van der Waals surface area contributed by atoms with Crippen LogP contribution < -0.4 is 10.5 Å². The number of aromatic hydroxyl groups is 2. The van der Waals surface area contributed by atoms with E-state index in [2.05, 4.69) is 0 Å². The summed E-state index contributed by atoms with van der Waals surface area (Å²) in [5.74, 6) is -3.04. The van der Waals surface area contributed by atoms with Gasteiger partial charge in [0.25, 0.3) is 0 Å². The maximum absolute atomic E-state index is 13.6. The summed E-state index contributed by atoms with van der Waals surface area (Å²) in [5, 5.41) is 33.9. The van der Waals surface area contributed by atoms with Crippen LogP contribution in [0.5, 0.6) is 17.2 Å². The minimum absolute atomic E-state index is 0.000481. The average Bonchev–Trinajstić information content (AvgIpc) is 3.64. The van der Waals surface area contributed by atoms with E-state index in [0.717, 1.165) is 0 Å². The number of carbonyl (C=O) groups excluding carboxylic acids is 3. The van der Waals surface area contributed by atoms with E-state index in [-0.39, 0.29) is 53.0 Å². The first-order valence-corrected chi connectivity index (χ1v) is 11.9. The number of rotatable bonds is 4. The summed E-state index contributed by atoms with van der Waals surface area (Å²) in [6.45, 7) is 1.20. The summed E-state index contributed by atoms with van der Waals surface area (Å²) in [4.78, 5) is 39.5. The van der Waals surface area contributed by atoms with Gasteiger partial charge in [-0.15, -0.1) is 0 Å². The molecule has 11 heteroatoms. The topological polar surface area (TPSA) is 178 Å². The SMILES string of the molecule is COc1cccc2c1C(=O)c1c(O)c3c(c(O)c1C2=O)C[C@](O)(C(C)=O)C[C@@H]3OC1CC(N)C2OC2O1. The number of benzene rings is 2. The van der Waals surface area contributed by atoms with Gasteiger partial charge in [0.1, 0.15) is 29.0 Å². The van der Waals surface area contributed by atoms with Crippen LogP contribution in [-0.4, -0.2) is 70.1 Å². The fourth-order valence-corrected chi connectivity index (χ4v) is 5.66. The molecule has 2 heterocycles. The summed E-state index contributed by atoms with van der Waals surface area (Å²) in [7, 11) is 1.35. The van der Waals surface area contributed by atoms with Crippen molar-refractivity contribution in [2.75, 3.05) is 7.11 Å². The molecular formula is C26H25NO10. The van der Waals surface area contributed by atoms with Crippen molar-refractivity contribution in [1.29, 1.82) is 0 Å². The van der Waals surface area contributed by atoms with Gasteiger partial charge in [-0.05, 0) is 13.0 Å². The minimum Gasteiger partial charge on any atom is -0.507 e. The summed E-state index contributed by atoms with van der Waals surface area (Å²) in [6, 6.07) is 4.10. The van der Waals surface area contributed by atoms with Crippen molar-refractivity contribution in [3.05, 3.63) is 51.6 Å². The van der Waals surface area contributed by atoms with E-state index >= 15 is 0 Å². The van der Waals surface area contributed by atoms with Crippen LogP contribution in [0.15, 0.2) is 18.2 Å². The number of methoxy groups -OCH3 is 1. The molecule has 2 saturated heterocycles. The van der Waals surface area contributed by atoms with Crippen LogP contribution in [0.4, 0.5) is 0 Å². The molecule has 2 aliphatic carbocycles. The number of ketones is 3. The van der Waals surface area contributed by atoms with E-state index < -0.39 is 70.7 Å². The highest BCUT2D eigenvalue weighted by Crippen LogP contribution is 2.52. The number of phenols is 2. The molecule has 11 nitrogen and oxygen atoms in total. The van der Waals surface area contributed by atoms with E-state index in [4.69, 9.17) is 24.7 Å². The van der Waals surface area contributed by atoms with Gasteiger partial charge < -0.3 is 40.0 Å². The number of phenolic OH excluding ortho intramolecular Hbond substituents is 2. The molecule has 0 aromatic heterocycles.